The fourth-order valence-electron chi connectivity index (χ4n) is 1.39. The van der Waals surface area contributed by atoms with Crippen LogP contribution in [0.3, 0.4) is 0 Å². The zero-order valence-corrected chi connectivity index (χ0v) is 8.84. The molecule has 1 heterocycles. The number of phenolic OH excluding ortho intramolecular Hbond substituents is 2. The third-order valence-electron chi connectivity index (χ3n) is 2.40. The van der Waals surface area contributed by atoms with Crippen molar-refractivity contribution in [2.75, 3.05) is 0 Å². The zero-order valence-electron chi connectivity index (χ0n) is 8.84. The highest BCUT2D eigenvalue weighted by Crippen LogP contribution is 2.36. The van der Waals surface area contributed by atoms with E-state index in [2.05, 4.69) is 5.16 Å². The second kappa shape index (κ2) is 3.82. The molecule has 0 saturated carbocycles. The van der Waals surface area contributed by atoms with Crippen LogP contribution in [0.4, 0.5) is 0 Å². The summed E-state index contributed by atoms with van der Waals surface area (Å²) in [6.45, 7) is 1.53. The summed E-state index contributed by atoms with van der Waals surface area (Å²) in [6, 6.07) is 4.00. The number of carbonyl (C=O) groups is 1. The van der Waals surface area contributed by atoms with Gasteiger partial charge in [-0.15, -0.1) is 0 Å². The van der Waals surface area contributed by atoms with E-state index < -0.39 is 5.97 Å². The van der Waals surface area contributed by atoms with Crippen LogP contribution >= 0.6 is 0 Å². The molecule has 6 heteroatoms. The van der Waals surface area contributed by atoms with Gasteiger partial charge in [-0.1, -0.05) is 5.16 Å². The Hall–Kier alpha value is -2.50. The van der Waals surface area contributed by atoms with E-state index in [1.165, 1.54) is 25.1 Å². The van der Waals surface area contributed by atoms with Crippen LogP contribution in [0.25, 0.3) is 11.3 Å². The lowest BCUT2D eigenvalue weighted by atomic mass is 10.1. The Labute approximate surface area is 95.7 Å². The van der Waals surface area contributed by atoms with Gasteiger partial charge in [0.1, 0.15) is 11.5 Å². The minimum Gasteiger partial charge on any atom is -0.508 e. The molecule has 1 aromatic heterocycles. The first-order valence-corrected chi connectivity index (χ1v) is 4.72. The summed E-state index contributed by atoms with van der Waals surface area (Å²) in [6.07, 6.45) is 0. The maximum absolute atomic E-state index is 10.6. The predicted octanol–water partition coefficient (Wildman–Crippen LogP) is 1.76. The molecule has 0 aliphatic heterocycles. The molecule has 0 bridgehead atoms. The summed E-state index contributed by atoms with van der Waals surface area (Å²) in [5.74, 6) is -1.31. The van der Waals surface area contributed by atoms with Crippen LogP contribution in [0.15, 0.2) is 22.7 Å². The van der Waals surface area contributed by atoms with Crippen molar-refractivity contribution >= 4 is 5.97 Å². The highest BCUT2D eigenvalue weighted by atomic mass is 16.5. The molecule has 2 rings (SSSR count). The number of hydrogen-bond acceptors (Lipinski definition) is 5. The molecule has 0 spiro atoms. The lowest BCUT2D eigenvalue weighted by molar-refractivity contribution is 0.0686. The van der Waals surface area contributed by atoms with Crippen molar-refractivity contribution in [1.82, 2.24) is 5.16 Å². The van der Waals surface area contributed by atoms with E-state index in [1.54, 1.807) is 0 Å². The highest BCUT2D eigenvalue weighted by Gasteiger charge is 2.17. The summed E-state index contributed by atoms with van der Waals surface area (Å²) in [7, 11) is 0. The van der Waals surface area contributed by atoms with Gasteiger partial charge in [0, 0.05) is 11.6 Å². The van der Waals surface area contributed by atoms with Gasteiger partial charge in [-0.25, -0.2) is 4.79 Å². The van der Waals surface area contributed by atoms with Gasteiger partial charge in [0.05, 0.1) is 5.56 Å². The maximum atomic E-state index is 10.6. The molecule has 2 aromatic rings. The number of carboxylic acids is 1. The van der Waals surface area contributed by atoms with E-state index in [0.717, 1.165) is 0 Å². The summed E-state index contributed by atoms with van der Waals surface area (Å²) in [5.41, 5.74) is 0.321. The number of carboxylic acid groups (broad SMARTS) is 1. The van der Waals surface area contributed by atoms with Crippen molar-refractivity contribution in [1.29, 1.82) is 0 Å². The number of aromatic carboxylic acids is 1. The van der Waals surface area contributed by atoms with Crippen LogP contribution in [0, 0.1) is 6.92 Å². The van der Waals surface area contributed by atoms with E-state index in [-0.39, 0.29) is 34.1 Å². The molecular weight excluding hydrogens is 226 g/mol. The summed E-state index contributed by atoms with van der Waals surface area (Å²) in [4.78, 5) is 10.6. The number of hydrogen-bond donors (Lipinski definition) is 3. The quantitative estimate of drug-likeness (QED) is 0.732. The molecule has 0 fully saturated rings. The van der Waals surface area contributed by atoms with Crippen molar-refractivity contribution in [3.8, 4) is 22.8 Å². The average Bonchev–Trinajstić information content (AvgIpc) is 2.75. The first-order chi connectivity index (χ1) is 8.00. The van der Waals surface area contributed by atoms with E-state index in [0.29, 0.717) is 0 Å². The molecule has 0 atom stereocenters. The molecule has 0 saturated heterocycles. The molecule has 17 heavy (non-hydrogen) atoms. The van der Waals surface area contributed by atoms with Crippen molar-refractivity contribution < 1.29 is 24.6 Å². The van der Waals surface area contributed by atoms with Gasteiger partial charge in [-0.3, -0.25) is 0 Å². The average molecular weight is 235 g/mol. The van der Waals surface area contributed by atoms with Crippen LogP contribution in [0.2, 0.25) is 0 Å². The Morgan fingerprint density at radius 1 is 1.35 bits per heavy atom. The van der Waals surface area contributed by atoms with E-state index in [9.17, 15) is 15.0 Å². The van der Waals surface area contributed by atoms with Gasteiger partial charge in [-0.05, 0) is 19.1 Å². The molecule has 1 aromatic carbocycles. The molecule has 6 nitrogen and oxygen atoms in total. The Balaban J connectivity index is 2.53. The summed E-state index contributed by atoms with van der Waals surface area (Å²) < 4.78 is 4.82. The number of benzene rings is 1. The van der Waals surface area contributed by atoms with Crippen molar-refractivity contribution in [3.05, 3.63) is 29.5 Å². The second-order valence-corrected chi connectivity index (χ2v) is 3.49. The first-order valence-electron chi connectivity index (χ1n) is 4.72. The van der Waals surface area contributed by atoms with Gasteiger partial charge in [0.25, 0.3) is 0 Å². The summed E-state index contributed by atoms with van der Waals surface area (Å²) >= 11 is 0. The topological polar surface area (TPSA) is 104 Å². The Bertz CT molecular complexity index is 588. The minimum absolute atomic E-state index is 0.0516. The molecule has 0 unspecified atom stereocenters. The maximum Gasteiger partial charge on any atom is 0.358 e. The van der Waals surface area contributed by atoms with Crippen molar-refractivity contribution in [3.63, 3.8) is 0 Å². The van der Waals surface area contributed by atoms with Gasteiger partial charge < -0.3 is 19.8 Å². The third kappa shape index (κ3) is 1.80. The fraction of sp³-hybridized carbons (Fsp3) is 0.0909. The van der Waals surface area contributed by atoms with Crippen molar-refractivity contribution in [2.24, 2.45) is 0 Å². The monoisotopic (exact) mass is 235 g/mol. The lowest BCUT2D eigenvalue weighted by Gasteiger charge is -2.05. The standard InChI is InChI=1S/C11H9NO5/c1-5-8(13)3-2-6(10(5)14)9-4-7(11(15)16)12-17-9/h2-4,13-14H,1H3,(H,15,16). The van der Waals surface area contributed by atoms with Crippen molar-refractivity contribution in [2.45, 2.75) is 6.92 Å². The normalized spacial score (nSPS) is 10.4. The molecule has 0 amide bonds. The van der Waals surface area contributed by atoms with Crippen LogP contribution < -0.4 is 0 Å². The largest absolute Gasteiger partial charge is 0.508 e. The number of rotatable bonds is 2. The fourth-order valence-corrected chi connectivity index (χ4v) is 1.39. The van der Waals surface area contributed by atoms with Crippen LogP contribution in [-0.4, -0.2) is 26.4 Å². The van der Waals surface area contributed by atoms with E-state index in [4.69, 9.17) is 9.63 Å². The molecule has 0 aliphatic carbocycles. The molecule has 88 valence electrons. The summed E-state index contributed by atoms with van der Waals surface area (Å²) in [5, 5.41) is 31.2. The smallest absolute Gasteiger partial charge is 0.358 e. The molecular formula is C11H9NO5. The first kappa shape index (κ1) is 11.0. The number of aromatic hydroxyl groups is 2. The van der Waals surface area contributed by atoms with E-state index in [1.807, 2.05) is 0 Å². The van der Waals surface area contributed by atoms with Gasteiger partial charge in [-0.2, -0.15) is 0 Å². The van der Waals surface area contributed by atoms with Gasteiger partial charge >= 0.3 is 5.97 Å². The number of phenols is 2. The molecule has 3 N–H and O–H groups in total. The Morgan fingerprint density at radius 3 is 2.65 bits per heavy atom. The molecule has 0 aliphatic rings. The lowest BCUT2D eigenvalue weighted by Crippen LogP contribution is -1.94. The van der Waals surface area contributed by atoms with E-state index >= 15 is 0 Å². The van der Waals surface area contributed by atoms with Crippen LogP contribution in [0.1, 0.15) is 16.1 Å². The minimum atomic E-state index is -1.21. The van der Waals surface area contributed by atoms with Crippen LogP contribution in [-0.2, 0) is 0 Å². The zero-order chi connectivity index (χ0) is 12.6. The van der Waals surface area contributed by atoms with Gasteiger partial charge in [0.2, 0.25) is 0 Å². The highest BCUT2D eigenvalue weighted by molar-refractivity contribution is 5.86. The number of aromatic nitrogens is 1. The third-order valence-corrected chi connectivity index (χ3v) is 2.40. The predicted molar refractivity (Wildman–Crippen MR) is 57.0 cm³/mol. The number of nitrogens with zero attached hydrogens (tertiary/aromatic N) is 1. The van der Waals surface area contributed by atoms with Crippen LogP contribution in [0.5, 0.6) is 11.5 Å². The van der Waals surface area contributed by atoms with Gasteiger partial charge in [0.15, 0.2) is 11.5 Å². The molecule has 0 radical (unpaired) electrons. The Morgan fingerprint density at radius 2 is 2.06 bits per heavy atom. The second-order valence-electron chi connectivity index (χ2n) is 3.49. The SMILES string of the molecule is Cc1c(O)ccc(-c2cc(C(=O)O)no2)c1O. The Kier molecular flexibility index (Phi) is 2.47.